The van der Waals surface area contributed by atoms with E-state index in [9.17, 15) is 0 Å². The zero-order chi connectivity index (χ0) is 14.5. The van der Waals surface area contributed by atoms with Crippen LogP contribution in [0, 0.1) is 13.8 Å². The van der Waals surface area contributed by atoms with Crippen LogP contribution in [0.2, 0.25) is 0 Å². The fourth-order valence-corrected chi connectivity index (χ4v) is 2.50. The van der Waals surface area contributed by atoms with Gasteiger partial charge in [0.05, 0.1) is 7.11 Å². The van der Waals surface area contributed by atoms with Gasteiger partial charge in [0.15, 0.2) is 0 Å². The van der Waals surface area contributed by atoms with Crippen LogP contribution in [0.15, 0.2) is 42.5 Å². The molecule has 20 heavy (non-hydrogen) atoms. The molecule has 0 heterocycles. The highest BCUT2D eigenvalue weighted by Crippen LogP contribution is 2.23. The Hall–Kier alpha value is -1.80. The van der Waals surface area contributed by atoms with Crippen molar-refractivity contribution in [2.24, 2.45) is 0 Å². The van der Waals surface area contributed by atoms with Crippen LogP contribution in [0.5, 0.6) is 5.75 Å². The lowest BCUT2D eigenvalue weighted by atomic mass is 9.94. The van der Waals surface area contributed by atoms with E-state index in [0.29, 0.717) is 6.04 Å². The van der Waals surface area contributed by atoms with Crippen LogP contribution in [0.3, 0.4) is 0 Å². The lowest BCUT2D eigenvalue weighted by Crippen LogP contribution is -2.20. The Morgan fingerprint density at radius 1 is 1.05 bits per heavy atom. The van der Waals surface area contributed by atoms with E-state index in [0.717, 1.165) is 12.2 Å². The number of likely N-dealkylation sites (N-methyl/N-ethyl adjacent to an activating group) is 1. The summed E-state index contributed by atoms with van der Waals surface area (Å²) in [4.78, 5) is 0. The zero-order valence-corrected chi connectivity index (χ0v) is 12.7. The number of methoxy groups -OCH3 is 1. The van der Waals surface area contributed by atoms with Crippen LogP contribution in [0.1, 0.15) is 28.3 Å². The summed E-state index contributed by atoms with van der Waals surface area (Å²) < 4.78 is 5.20. The van der Waals surface area contributed by atoms with Crippen LogP contribution in [-0.2, 0) is 6.42 Å². The number of benzene rings is 2. The molecule has 1 N–H and O–H groups in total. The highest BCUT2D eigenvalue weighted by molar-refractivity contribution is 5.35. The van der Waals surface area contributed by atoms with Crippen molar-refractivity contribution in [1.29, 1.82) is 0 Å². The molecule has 0 fully saturated rings. The molecular formula is C18H23NO. The summed E-state index contributed by atoms with van der Waals surface area (Å²) in [5.74, 6) is 0.904. The molecule has 0 radical (unpaired) electrons. The number of aryl methyl sites for hydroxylation is 2. The summed E-state index contributed by atoms with van der Waals surface area (Å²) in [5, 5.41) is 3.43. The molecule has 0 saturated heterocycles. The second kappa shape index (κ2) is 6.58. The summed E-state index contributed by atoms with van der Waals surface area (Å²) in [6.45, 7) is 4.32. The molecule has 2 rings (SSSR count). The first kappa shape index (κ1) is 14.6. The van der Waals surface area contributed by atoms with Gasteiger partial charge in [-0.05, 0) is 56.1 Å². The minimum absolute atomic E-state index is 0.336. The standard InChI is InChI=1S/C18H23NO/c1-13-5-6-14(2)17(11-13)18(19-3)12-15-7-9-16(20-4)10-8-15/h5-11,18-19H,12H2,1-4H3. The summed E-state index contributed by atoms with van der Waals surface area (Å²) in [5.41, 5.74) is 5.33. The Morgan fingerprint density at radius 3 is 2.35 bits per heavy atom. The second-order valence-electron chi connectivity index (χ2n) is 5.25. The van der Waals surface area contributed by atoms with Gasteiger partial charge in [-0.15, -0.1) is 0 Å². The lowest BCUT2D eigenvalue weighted by molar-refractivity contribution is 0.414. The molecule has 2 aromatic carbocycles. The van der Waals surface area contributed by atoms with Crippen molar-refractivity contribution in [3.63, 3.8) is 0 Å². The Balaban J connectivity index is 2.21. The largest absolute Gasteiger partial charge is 0.497 e. The summed E-state index contributed by atoms with van der Waals surface area (Å²) in [7, 11) is 3.72. The van der Waals surface area contributed by atoms with Crippen LogP contribution in [0.4, 0.5) is 0 Å². The van der Waals surface area contributed by atoms with E-state index in [1.54, 1.807) is 7.11 Å². The first-order chi connectivity index (χ1) is 9.63. The van der Waals surface area contributed by atoms with Gasteiger partial charge in [0.1, 0.15) is 5.75 Å². The lowest BCUT2D eigenvalue weighted by Gasteiger charge is -2.20. The van der Waals surface area contributed by atoms with Crippen LogP contribution < -0.4 is 10.1 Å². The molecule has 0 aliphatic rings. The van der Waals surface area contributed by atoms with E-state index in [2.05, 4.69) is 49.5 Å². The Kier molecular flexibility index (Phi) is 4.80. The van der Waals surface area contributed by atoms with Gasteiger partial charge in [0, 0.05) is 6.04 Å². The molecule has 0 bridgehead atoms. The van der Waals surface area contributed by atoms with Crippen molar-refractivity contribution in [3.8, 4) is 5.75 Å². The van der Waals surface area contributed by atoms with Crippen molar-refractivity contribution in [2.75, 3.05) is 14.2 Å². The molecule has 1 unspecified atom stereocenters. The van der Waals surface area contributed by atoms with Crippen LogP contribution in [-0.4, -0.2) is 14.2 Å². The first-order valence-electron chi connectivity index (χ1n) is 7.01. The predicted octanol–water partition coefficient (Wildman–Crippen LogP) is 3.82. The van der Waals surface area contributed by atoms with Crippen LogP contribution >= 0.6 is 0 Å². The van der Waals surface area contributed by atoms with Gasteiger partial charge in [0.2, 0.25) is 0 Å². The predicted molar refractivity (Wildman–Crippen MR) is 84.4 cm³/mol. The van der Waals surface area contributed by atoms with Gasteiger partial charge >= 0.3 is 0 Å². The second-order valence-corrected chi connectivity index (χ2v) is 5.25. The monoisotopic (exact) mass is 269 g/mol. The van der Waals surface area contributed by atoms with E-state index in [1.807, 2.05) is 19.2 Å². The maximum Gasteiger partial charge on any atom is 0.118 e. The van der Waals surface area contributed by atoms with E-state index in [1.165, 1.54) is 22.3 Å². The van der Waals surface area contributed by atoms with Gasteiger partial charge < -0.3 is 10.1 Å². The zero-order valence-electron chi connectivity index (χ0n) is 12.7. The molecule has 0 saturated carbocycles. The molecule has 2 nitrogen and oxygen atoms in total. The normalized spacial score (nSPS) is 12.2. The van der Waals surface area contributed by atoms with Gasteiger partial charge in [-0.25, -0.2) is 0 Å². The highest BCUT2D eigenvalue weighted by atomic mass is 16.5. The quantitative estimate of drug-likeness (QED) is 0.891. The topological polar surface area (TPSA) is 21.3 Å². The van der Waals surface area contributed by atoms with Crippen molar-refractivity contribution in [1.82, 2.24) is 5.32 Å². The van der Waals surface area contributed by atoms with E-state index < -0.39 is 0 Å². The number of hydrogen-bond donors (Lipinski definition) is 1. The number of nitrogens with one attached hydrogen (secondary N) is 1. The van der Waals surface area contributed by atoms with Gasteiger partial charge in [-0.2, -0.15) is 0 Å². The molecule has 0 spiro atoms. The minimum Gasteiger partial charge on any atom is -0.497 e. The van der Waals surface area contributed by atoms with E-state index >= 15 is 0 Å². The van der Waals surface area contributed by atoms with Crippen molar-refractivity contribution in [3.05, 3.63) is 64.7 Å². The third-order valence-corrected chi connectivity index (χ3v) is 3.76. The average molecular weight is 269 g/mol. The Labute approximate surface area is 121 Å². The van der Waals surface area contributed by atoms with Crippen molar-refractivity contribution in [2.45, 2.75) is 26.3 Å². The van der Waals surface area contributed by atoms with Crippen molar-refractivity contribution < 1.29 is 4.74 Å². The Morgan fingerprint density at radius 2 is 1.75 bits per heavy atom. The minimum atomic E-state index is 0.336. The van der Waals surface area contributed by atoms with Gasteiger partial charge in [0.25, 0.3) is 0 Å². The summed E-state index contributed by atoms with van der Waals surface area (Å²) in [6.07, 6.45) is 0.977. The summed E-state index contributed by atoms with van der Waals surface area (Å²) in [6, 6.07) is 15.3. The number of ether oxygens (including phenoxy) is 1. The number of hydrogen-bond acceptors (Lipinski definition) is 2. The smallest absolute Gasteiger partial charge is 0.118 e. The third-order valence-electron chi connectivity index (χ3n) is 3.76. The molecule has 0 aliphatic heterocycles. The fourth-order valence-electron chi connectivity index (χ4n) is 2.50. The molecule has 0 aliphatic carbocycles. The van der Waals surface area contributed by atoms with Crippen molar-refractivity contribution >= 4 is 0 Å². The van der Waals surface area contributed by atoms with Gasteiger partial charge in [-0.1, -0.05) is 35.9 Å². The molecule has 0 aromatic heterocycles. The highest BCUT2D eigenvalue weighted by Gasteiger charge is 2.12. The third kappa shape index (κ3) is 3.40. The maximum atomic E-state index is 5.20. The number of rotatable bonds is 5. The van der Waals surface area contributed by atoms with E-state index in [4.69, 9.17) is 4.74 Å². The summed E-state index contributed by atoms with van der Waals surface area (Å²) >= 11 is 0. The molecule has 0 amide bonds. The SMILES string of the molecule is CNC(Cc1ccc(OC)cc1)c1cc(C)ccc1C. The van der Waals surface area contributed by atoms with E-state index in [-0.39, 0.29) is 0 Å². The van der Waals surface area contributed by atoms with Gasteiger partial charge in [-0.3, -0.25) is 0 Å². The molecule has 1 atom stereocenters. The molecule has 2 aromatic rings. The average Bonchev–Trinajstić information content (AvgIpc) is 2.48. The fraction of sp³-hybridized carbons (Fsp3) is 0.333. The molecular weight excluding hydrogens is 246 g/mol. The first-order valence-corrected chi connectivity index (χ1v) is 7.01. The molecule has 2 heteroatoms. The van der Waals surface area contributed by atoms with Crippen LogP contribution in [0.25, 0.3) is 0 Å². The molecule has 106 valence electrons. The Bertz CT molecular complexity index is 560. The maximum absolute atomic E-state index is 5.20.